The first-order chi connectivity index (χ1) is 19.0. The molecule has 0 aromatic carbocycles. The Kier molecular flexibility index (Phi) is 29.8. The summed E-state index contributed by atoms with van der Waals surface area (Å²) in [5.74, 6) is -0.610. The zero-order valence-corrected chi connectivity index (χ0v) is 26.3. The second kappa shape index (κ2) is 30.3. The smallest absolute Gasteiger partial charge is 0.335 e. The summed E-state index contributed by atoms with van der Waals surface area (Å²) in [5, 5.41) is 20.4. The van der Waals surface area contributed by atoms with E-state index in [4.69, 9.17) is 10.5 Å². The van der Waals surface area contributed by atoms with Crippen molar-refractivity contribution in [1.82, 2.24) is 0 Å². The highest BCUT2D eigenvalue weighted by atomic mass is 16.5. The molecule has 3 atom stereocenters. The lowest BCUT2D eigenvalue weighted by Gasteiger charge is -2.19. The number of carbonyl (C=O) groups excluding carboxylic acids is 1. The lowest BCUT2D eigenvalue weighted by molar-refractivity contribution is -0.155. The van der Waals surface area contributed by atoms with E-state index in [9.17, 15) is 15.0 Å². The first-order valence-electron chi connectivity index (χ1n) is 17.3. The van der Waals surface area contributed by atoms with E-state index in [1.807, 2.05) is 0 Å². The van der Waals surface area contributed by atoms with Crippen LogP contribution in [0.5, 0.6) is 0 Å². The third kappa shape index (κ3) is 27.3. The largest absolute Gasteiger partial charge is 0.462 e. The van der Waals surface area contributed by atoms with E-state index < -0.39 is 24.2 Å². The van der Waals surface area contributed by atoms with Gasteiger partial charge in [0.05, 0.1) is 12.1 Å². The molecule has 0 spiro atoms. The molecule has 0 amide bonds. The van der Waals surface area contributed by atoms with Crippen molar-refractivity contribution >= 4 is 5.97 Å². The molecule has 0 aromatic rings. The number of nitrogens with two attached hydrogens (primary N) is 1. The number of aliphatic hydroxyl groups excluding tert-OH is 2. The lowest BCUT2D eigenvalue weighted by Crippen LogP contribution is -2.40. The van der Waals surface area contributed by atoms with E-state index in [0.29, 0.717) is 12.8 Å². The molecule has 4 N–H and O–H groups in total. The molecule has 0 bridgehead atoms. The normalized spacial score (nSPS) is 13.9. The highest BCUT2D eigenvalue weighted by molar-refractivity contribution is 5.74. The predicted octanol–water partition coefficient (Wildman–Crippen LogP) is 9.15. The van der Waals surface area contributed by atoms with Crippen LogP contribution < -0.4 is 5.73 Å². The summed E-state index contributed by atoms with van der Waals surface area (Å²) < 4.78 is 5.19. The van der Waals surface area contributed by atoms with Gasteiger partial charge in [0.25, 0.3) is 0 Å². The van der Waals surface area contributed by atoms with E-state index >= 15 is 0 Å². The van der Waals surface area contributed by atoms with Crippen LogP contribution in [0, 0.1) is 0 Å². The van der Waals surface area contributed by atoms with Crippen LogP contribution >= 0.6 is 0 Å². The van der Waals surface area contributed by atoms with Crippen molar-refractivity contribution in [3.63, 3.8) is 0 Å². The molecule has 0 aliphatic heterocycles. The van der Waals surface area contributed by atoms with Crippen molar-refractivity contribution in [3.05, 3.63) is 0 Å². The van der Waals surface area contributed by atoms with E-state index in [1.54, 1.807) is 0 Å². The van der Waals surface area contributed by atoms with Crippen LogP contribution in [0.3, 0.4) is 0 Å². The predicted molar refractivity (Wildman–Crippen MR) is 167 cm³/mol. The molecule has 0 heterocycles. The molecule has 5 heteroatoms. The molecular weight excluding hydrogens is 486 g/mol. The minimum atomic E-state index is -1.08. The van der Waals surface area contributed by atoms with Crippen LogP contribution in [0.4, 0.5) is 0 Å². The molecule has 0 aliphatic rings. The molecule has 0 rings (SSSR count). The maximum absolute atomic E-state index is 12.1. The Balaban J connectivity index is 3.54. The van der Waals surface area contributed by atoms with Gasteiger partial charge >= 0.3 is 5.97 Å². The number of carbonyl (C=O) groups is 1. The van der Waals surface area contributed by atoms with E-state index in [0.717, 1.165) is 32.1 Å². The molecular formula is C34H69NO4. The van der Waals surface area contributed by atoms with Crippen LogP contribution in [-0.4, -0.2) is 41.0 Å². The molecule has 3 unspecified atom stereocenters. The van der Waals surface area contributed by atoms with Gasteiger partial charge in [-0.25, -0.2) is 4.79 Å². The molecule has 0 saturated heterocycles. The van der Waals surface area contributed by atoms with Crippen LogP contribution in [0.25, 0.3) is 0 Å². The second-order valence-electron chi connectivity index (χ2n) is 12.1. The fraction of sp³-hybridized carbons (Fsp3) is 0.971. The average molecular weight is 556 g/mol. The Morgan fingerprint density at radius 2 is 0.846 bits per heavy atom. The summed E-state index contributed by atoms with van der Waals surface area (Å²) in [6, 6.07) is -0.592. The van der Waals surface area contributed by atoms with Crippen LogP contribution in [0.15, 0.2) is 0 Å². The van der Waals surface area contributed by atoms with Crippen molar-refractivity contribution in [2.24, 2.45) is 5.73 Å². The van der Waals surface area contributed by atoms with E-state index in [1.165, 1.54) is 128 Å². The van der Waals surface area contributed by atoms with Gasteiger partial charge in [-0.1, -0.05) is 174 Å². The zero-order valence-electron chi connectivity index (χ0n) is 26.3. The van der Waals surface area contributed by atoms with Crippen LogP contribution in [-0.2, 0) is 9.53 Å². The number of hydrogen-bond donors (Lipinski definition) is 3. The summed E-state index contributed by atoms with van der Waals surface area (Å²) in [7, 11) is 0. The number of ether oxygens (including phenoxy) is 1. The summed E-state index contributed by atoms with van der Waals surface area (Å²) in [6.07, 6.45) is 31.2. The molecule has 0 fully saturated rings. The summed E-state index contributed by atoms with van der Waals surface area (Å²) in [4.78, 5) is 12.1. The van der Waals surface area contributed by atoms with Crippen molar-refractivity contribution in [2.75, 3.05) is 6.61 Å². The van der Waals surface area contributed by atoms with Crippen LogP contribution in [0.2, 0.25) is 0 Å². The molecule has 39 heavy (non-hydrogen) atoms. The summed E-state index contributed by atoms with van der Waals surface area (Å²) in [5.41, 5.74) is 6.02. The van der Waals surface area contributed by atoms with Gasteiger partial charge in [-0.3, -0.25) is 0 Å². The number of rotatable bonds is 31. The fourth-order valence-electron chi connectivity index (χ4n) is 5.27. The first-order valence-corrected chi connectivity index (χ1v) is 17.3. The molecule has 0 saturated carbocycles. The maximum atomic E-state index is 12.1. The van der Waals surface area contributed by atoms with Gasteiger partial charge < -0.3 is 20.7 Å². The Bertz CT molecular complexity index is 502. The fourth-order valence-corrected chi connectivity index (χ4v) is 5.27. The highest BCUT2D eigenvalue weighted by Gasteiger charge is 2.20. The standard InChI is InChI=1S/C34H69NO4/c1-3-5-7-9-11-13-15-17-19-20-22-24-26-28-32(36)31(35)30-39-34(38)33(37)29-27-25-23-21-18-16-14-12-10-8-6-4-2/h31-33,36-37H,3-30,35H2,1-2H3. The quantitative estimate of drug-likeness (QED) is 0.0586. The van der Waals surface area contributed by atoms with Crippen molar-refractivity contribution < 1.29 is 19.7 Å². The maximum Gasteiger partial charge on any atom is 0.335 e. The zero-order chi connectivity index (χ0) is 28.8. The van der Waals surface area contributed by atoms with Gasteiger partial charge in [0.2, 0.25) is 0 Å². The highest BCUT2D eigenvalue weighted by Crippen LogP contribution is 2.15. The molecule has 234 valence electrons. The second-order valence-corrected chi connectivity index (χ2v) is 12.1. The third-order valence-electron chi connectivity index (χ3n) is 8.12. The van der Waals surface area contributed by atoms with Gasteiger partial charge in [0, 0.05) is 0 Å². The molecule has 0 aromatic heterocycles. The Morgan fingerprint density at radius 1 is 0.538 bits per heavy atom. The Hall–Kier alpha value is -0.650. The molecule has 0 radical (unpaired) electrons. The third-order valence-corrected chi connectivity index (χ3v) is 8.12. The minimum Gasteiger partial charge on any atom is -0.462 e. The minimum absolute atomic E-state index is 0.0338. The lowest BCUT2D eigenvalue weighted by atomic mass is 10.0. The summed E-state index contributed by atoms with van der Waals surface area (Å²) in [6.45, 7) is 4.49. The summed E-state index contributed by atoms with van der Waals surface area (Å²) >= 11 is 0. The monoisotopic (exact) mass is 556 g/mol. The van der Waals surface area contributed by atoms with Gasteiger partial charge in [-0.2, -0.15) is 0 Å². The average Bonchev–Trinajstić information content (AvgIpc) is 2.94. The molecule has 5 nitrogen and oxygen atoms in total. The van der Waals surface area contributed by atoms with Gasteiger partial charge in [-0.05, 0) is 12.8 Å². The van der Waals surface area contributed by atoms with E-state index in [2.05, 4.69) is 13.8 Å². The topological polar surface area (TPSA) is 92.8 Å². The number of esters is 1. The van der Waals surface area contributed by atoms with Crippen molar-refractivity contribution in [2.45, 2.75) is 205 Å². The van der Waals surface area contributed by atoms with E-state index in [-0.39, 0.29) is 6.61 Å². The molecule has 0 aliphatic carbocycles. The van der Waals surface area contributed by atoms with Crippen molar-refractivity contribution in [1.29, 1.82) is 0 Å². The number of hydrogen-bond acceptors (Lipinski definition) is 5. The van der Waals surface area contributed by atoms with Gasteiger partial charge in [0.1, 0.15) is 6.61 Å². The Morgan fingerprint density at radius 3 is 1.21 bits per heavy atom. The van der Waals surface area contributed by atoms with Crippen LogP contribution in [0.1, 0.15) is 187 Å². The SMILES string of the molecule is CCCCCCCCCCCCCCCC(O)C(N)COC(=O)C(O)CCCCCCCCCCCCCC. The van der Waals surface area contributed by atoms with Gasteiger partial charge in [-0.15, -0.1) is 0 Å². The number of unbranched alkanes of at least 4 members (excludes halogenated alkanes) is 23. The number of aliphatic hydroxyl groups is 2. The van der Waals surface area contributed by atoms with Gasteiger partial charge in [0.15, 0.2) is 6.10 Å². The first kappa shape index (κ1) is 38.4. The van der Waals surface area contributed by atoms with Crippen molar-refractivity contribution in [3.8, 4) is 0 Å². The Labute approximate surface area is 243 Å².